The maximum absolute atomic E-state index is 11.6. The predicted octanol–water partition coefficient (Wildman–Crippen LogP) is 2.23. The zero-order valence-corrected chi connectivity index (χ0v) is 12.5. The molecule has 0 atom stereocenters. The van der Waals surface area contributed by atoms with Gasteiger partial charge in [-0.3, -0.25) is 4.79 Å². The van der Waals surface area contributed by atoms with Gasteiger partial charge in [-0.2, -0.15) is 0 Å². The summed E-state index contributed by atoms with van der Waals surface area (Å²) in [7, 11) is 5.56. The molecule has 2 rings (SSSR count). The molecule has 0 radical (unpaired) electrons. The molecule has 2 aromatic rings. The van der Waals surface area contributed by atoms with Gasteiger partial charge in [-0.1, -0.05) is 12.1 Å². The van der Waals surface area contributed by atoms with E-state index in [4.69, 9.17) is 0 Å². The number of hydrogen-bond donors (Lipinski definition) is 1. The molecule has 20 heavy (non-hydrogen) atoms. The lowest BCUT2D eigenvalue weighted by Gasteiger charge is -2.11. The predicted molar refractivity (Wildman–Crippen MR) is 82.6 cm³/mol. The van der Waals surface area contributed by atoms with E-state index in [1.807, 2.05) is 7.05 Å². The van der Waals surface area contributed by atoms with Gasteiger partial charge in [-0.15, -0.1) is 0 Å². The number of aromatic nitrogens is 1. The van der Waals surface area contributed by atoms with Crippen LogP contribution in [0.5, 0.6) is 0 Å². The second-order valence-electron chi connectivity index (χ2n) is 5.32. The normalized spacial score (nSPS) is 10.9. The number of carbonyl (C=O) groups is 1. The van der Waals surface area contributed by atoms with Crippen LogP contribution in [-0.2, 0) is 17.9 Å². The Kier molecular flexibility index (Phi) is 4.79. The van der Waals surface area contributed by atoms with E-state index in [-0.39, 0.29) is 5.91 Å². The highest BCUT2D eigenvalue weighted by atomic mass is 16.2. The number of rotatable bonds is 6. The van der Waals surface area contributed by atoms with Crippen LogP contribution in [0.1, 0.15) is 18.4 Å². The van der Waals surface area contributed by atoms with E-state index in [0.717, 1.165) is 19.5 Å². The molecule has 0 fully saturated rings. The molecule has 4 nitrogen and oxygen atoms in total. The van der Waals surface area contributed by atoms with Crippen molar-refractivity contribution in [1.82, 2.24) is 14.8 Å². The number of benzene rings is 1. The summed E-state index contributed by atoms with van der Waals surface area (Å²) >= 11 is 0. The first-order chi connectivity index (χ1) is 9.61. The molecular weight excluding hydrogens is 250 g/mol. The van der Waals surface area contributed by atoms with Crippen molar-refractivity contribution in [2.75, 3.05) is 21.1 Å². The minimum atomic E-state index is 0.192. The Morgan fingerprint density at radius 1 is 1.30 bits per heavy atom. The summed E-state index contributed by atoms with van der Waals surface area (Å²) in [4.78, 5) is 13.2. The number of carbonyl (C=O) groups excluding carboxylic acids is 1. The highest BCUT2D eigenvalue weighted by molar-refractivity contribution is 5.81. The second-order valence-corrected chi connectivity index (χ2v) is 5.32. The molecular formula is C16H23N3O. The topological polar surface area (TPSA) is 37.3 Å². The Labute approximate surface area is 120 Å². The summed E-state index contributed by atoms with van der Waals surface area (Å²) in [6, 6.07) is 8.66. The van der Waals surface area contributed by atoms with Crippen LogP contribution in [0, 0.1) is 0 Å². The van der Waals surface area contributed by atoms with Crippen LogP contribution in [0.2, 0.25) is 0 Å². The van der Waals surface area contributed by atoms with E-state index in [1.165, 1.54) is 16.5 Å². The molecule has 1 heterocycles. The monoisotopic (exact) mass is 273 g/mol. The molecule has 1 aromatic carbocycles. The van der Waals surface area contributed by atoms with E-state index in [0.29, 0.717) is 6.42 Å². The lowest BCUT2D eigenvalue weighted by atomic mass is 10.1. The standard InChI is InChI=1S/C16H23N3O/c1-17-12-13-6-7-14-8-10-19(15(14)11-13)9-4-5-16(20)18(2)3/h6-8,10-11,17H,4-5,9,12H2,1-3H3. The molecule has 0 saturated carbocycles. The summed E-state index contributed by atoms with van der Waals surface area (Å²) in [5, 5.41) is 4.42. The van der Waals surface area contributed by atoms with Gasteiger partial charge in [0.2, 0.25) is 5.91 Å². The zero-order chi connectivity index (χ0) is 14.5. The van der Waals surface area contributed by atoms with Crippen LogP contribution in [0.15, 0.2) is 30.5 Å². The van der Waals surface area contributed by atoms with Gasteiger partial charge in [-0.25, -0.2) is 0 Å². The molecule has 1 amide bonds. The van der Waals surface area contributed by atoms with Gasteiger partial charge in [0, 0.05) is 45.3 Å². The van der Waals surface area contributed by atoms with Crippen molar-refractivity contribution in [2.24, 2.45) is 0 Å². The van der Waals surface area contributed by atoms with Crippen LogP contribution in [0.25, 0.3) is 10.9 Å². The number of hydrogen-bond acceptors (Lipinski definition) is 2. The molecule has 0 bridgehead atoms. The van der Waals surface area contributed by atoms with Crippen LogP contribution in [0.4, 0.5) is 0 Å². The molecule has 0 aliphatic heterocycles. The van der Waals surface area contributed by atoms with Crippen molar-refractivity contribution in [3.05, 3.63) is 36.0 Å². The Hall–Kier alpha value is -1.81. The third kappa shape index (κ3) is 3.39. The van der Waals surface area contributed by atoms with Crippen LogP contribution < -0.4 is 5.32 Å². The van der Waals surface area contributed by atoms with Crippen molar-refractivity contribution < 1.29 is 4.79 Å². The Balaban J connectivity index is 2.06. The van der Waals surface area contributed by atoms with E-state index in [2.05, 4.69) is 40.3 Å². The van der Waals surface area contributed by atoms with Crippen molar-refractivity contribution in [2.45, 2.75) is 25.9 Å². The maximum Gasteiger partial charge on any atom is 0.222 e. The zero-order valence-electron chi connectivity index (χ0n) is 12.5. The summed E-state index contributed by atoms with van der Waals surface area (Å²) in [6.07, 6.45) is 3.58. The fourth-order valence-corrected chi connectivity index (χ4v) is 2.36. The van der Waals surface area contributed by atoms with E-state index < -0.39 is 0 Å². The number of aryl methyl sites for hydroxylation is 1. The lowest BCUT2D eigenvalue weighted by Crippen LogP contribution is -2.21. The van der Waals surface area contributed by atoms with Gasteiger partial charge in [0.15, 0.2) is 0 Å². The van der Waals surface area contributed by atoms with Crippen molar-refractivity contribution in [3.63, 3.8) is 0 Å². The first-order valence-corrected chi connectivity index (χ1v) is 7.04. The average molecular weight is 273 g/mol. The summed E-state index contributed by atoms with van der Waals surface area (Å²) in [5.41, 5.74) is 2.53. The quantitative estimate of drug-likeness (QED) is 0.876. The lowest BCUT2D eigenvalue weighted by molar-refractivity contribution is -0.128. The van der Waals surface area contributed by atoms with Crippen molar-refractivity contribution in [1.29, 1.82) is 0 Å². The summed E-state index contributed by atoms with van der Waals surface area (Å²) in [5.74, 6) is 0.192. The van der Waals surface area contributed by atoms with Crippen molar-refractivity contribution in [3.8, 4) is 0 Å². The Morgan fingerprint density at radius 2 is 2.10 bits per heavy atom. The van der Waals surface area contributed by atoms with Gasteiger partial charge < -0.3 is 14.8 Å². The van der Waals surface area contributed by atoms with Crippen LogP contribution in [0.3, 0.4) is 0 Å². The van der Waals surface area contributed by atoms with Crippen LogP contribution in [-0.4, -0.2) is 36.5 Å². The van der Waals surface area contributed by atoms with Gasteiger partial charge in [0.25, 0.3) is 0 Å². The largest absolute Gasteiger partial charge is 0.349 e. The molecule has 0 aliphatic carbocycles. The summed E-state index contributed by atoms with van der Waals surface area (Å²) in [6.45, 7) is 1.76. The van der Waals surface area contributed by atoms with Gasteiger partial charge in [0.1, 0.15) is 0 Å². The average Bonchev–Trinajstić information content (AvgIpc) is 2.82. The smallest absolute Gasteiger partial charge is 0.222 e. The molecule has 1 N–H and O–H groups in total. The van der Waals surface area contributed by atoms with Gasteiger partial charge in [0.05, 0.1) is 0 Å². The third-order valence-corrected chi connectivity index (χ3v) is 3.51. The molecule has 0 unspecified atom stereocenters. The first kappa shape index (κ1) is 14.6. The molecule has 0 saturated heterocycles. The third-order valence-electron chi connectivity index (χ3n) is 3.51. The van der Waals surface area contributed by atoms with Crippen molar-refractivity contribution >= 4 is 16.8 Å². The summed E-state index contributed by atoms with van der Waals surface area (Å²) < 4.78 is 2.23. The Morgan fingerprint density at radius 3 is 2.80 bits per heavy atom. The highest BCUT2D eigenvalue weighted by Crippen LogP contribution is 2.18. The number of nitrogens with zero attached hydrogens (tertiary/aromatic N) is 2. The molecule has 0 aliphatic rings. The first-order valence-electron chi connectivity index (χ1n) is 7.04. The number of amides is 1. The molecule has 108 valence electrons. The van der Waals surface area contributed by atoms with E-state index in [9.17, 15) is 4.79 Å². The minimum absolute atomic E-state index is 0.192. The highest BCUT2D eigenvalue weighted by Gasteiger charge is 2.05. The SMILES string of the molecule is CNCc1ccc2ccn(CCCC(=O)N(C)C)c2c1. The number of fused-ring (bicyclic) bond motifs is 1. The van der Waals surface area contributed by atoms with Gasteiger partial charge in [-0.05, 0) is 36.6 Å². The fourth-order valence-electron chi connectivity index (χ4n) is 2.36. The minimum Gasteiger partial charge on any atom is -0.349 e. The molecule has 0 spiro atoms. The van der Waals surface area contributed by atoms with E-state index in [1.54, 1.807) is 19.0 Å². The van der Waals surface area contributed by atoms with Gasteiger partial charge >= 0.3 is 0 Å². The fraction of sp³-hybridized carbons (Fsp3) is 0.438. The maximum atomic E-state index is 11.6. The Bertz CT molecular complexity index is 586. The van der Waals surface area contributed by atoms with Crippen LogP contribution >= 0.6 is 0 Å². The van der Waals surface area contributed by atoms with E-state index >= 15 is 0 Å². The molecule has 1 aromatic heterocycles. The molecule has 4 heteroatoms. The number of nitrogens with one attached hydrogen (secondary N) is 1. The second kappa shape index (κ2) is 6.57.